The minimum Gasteiger partial charge on any atom is -0.293 e. The van der Waals surface area contributed by atoms with Gasteiger partial charge in [0.05, 0.1) is 4.92 Å². The van der Waals surface area contributed by atoms with Gasteiger partial charge in [-0.3, -0.25) is 19.7 Å². The molecule has 21 heavy (non-hydrogen) atoms. The van der Waals surface area contributed by atoms with E-state index < -0.39 is 10.8 Å². The fraction of sp³-hybridized carbons (Fsp3) is 0.125. The Morgan fingerprint density at radius 2 is 1.57 bits per heavy atom. The van der Waals surface area contributed by atoms with Gasteiger partial charge in [-0.2, -0.15) is 0 Å². The van der Waals surface area contributed by atoms with Gasteiger partial charge >= 0.3 is 0 Å². The van der Waals surface area contributed by atoms with Gasteiger partial charge in [0, 0.05) is 22.8 Å². The van der Waals surface area contributed by atoms with Crippen LogP contribution in [0.25, 0.3) is 0 Å². The molecule has 0 fully saturated rings. The molecule has 0 bridgehead atoms. The normalized spacial score (nSPS) is 14.3. The lowest BCUT2D eigenvalue weighted by molar-refractivity contribution is -0.385. The van der Waals surface area contributed by atoms with Crippen LogP contribution < -0.4 is 0 Å². The number of nitro groups is 1. The van der Waals surface area contributed by atoms with Crippen LogP contribution >= 0.6 is 0 Å². The monoisotopic (exact) mass is 281 g/mol. The predicted octanol–water partition coefficient (Wildman–Crippen LogP) is 3.07. The number of nitro benzene ring substituents is 1. The summed E-state index contributed by atoms with van der Waals surface area (Å²) in [4.78, 5) is 35.3. The second-order valence-corrected chi connectivity index (χ2v) is 5.01. The third-order valence-corrected chi connectivity index (χ3v) is 3.75. The third kappa shape index (κ3) is 1.94. The maximum atomic E-state index is 12.4. The van der Waals surface area contributed by atoms with E-state index in [4.69, 9.17) is 0 Å². The van der Waals surface area contributed by atoms with E-state index in [9.17, 15) is 19.7 Å². The average molecular weight is 281 g/mol. The van der Waals surface area contributed by atoms with Crippen molar-refractivity contribution in [3.05, 3.63) is 74.8 Å². The number of aryl methyl sites for hydroxylation is 1. The van der Waals surface area contributed by atoms with Crippen LogP contribution in [0.2, 0.25) is 0 Å². The second kappa shape index (κ2) is 4.63. The molecule has 5 nitrogen and oxygen atoms in total. The van der Waals surface area contributed by atoms with E-state index in [1.807, 2.05) is 0 Å². The molecule has 2 aromatic rings. The molecule has 0 saturated carbocycles. The summed E-state index contributed by atoms with van der Waals surface area (Å²) in [7, 11) is 0. The van der Waals surface area contributed by atoms with Gasteiger partial charge in [-0.15, -0.1) is 0 Å². The lowest BCUT2D eigenvalue weighted by atomic mass is 9.93. The van der Waals surface area contributed by atoms with Crippen molar-refractivity contribution in [1.82, 2.24) is 0 Å². The molecule has 1 aliphatic rings. The van der Waals surface area contributed by atoms with Gasteiger partial charge in [0.25, 0.3) is 5.69 Å². The molecule has 0 unspecified atom stereocenters. The largest absolute Gasteiger partial charge is 0.293 e. The van der Waals surface area contributed by atoms with Crippen LogP contribution in [-0.2, 0) is 0 Å². The Morgan fingerprint density at radius 1 is 1.00 bits per heavy atom. The second-order valence-electron chi connectivity index (χ2n) is 5.01. The van der Waals surface area contributed by atoms with Crippen LogP contribution in [0.15, 0.2) is 42.5 Å². The highest BCUT2D eigenvalue weighted by Crippen LogP contribution is 2.35. The molecular weight excluding hydrogens is 270 g/mol. The summed E-state index contributed by atoms with van der Waals surface area (Å²) in [6, 6.07) is 11.1. The molecule has 3 rings (SSSR count). The molecule has 0 spiro atoms. The van der Waals surface area contributed by atoms with Gasteiger partial charge in [0.1, 0.15) is 5.92 Å². The van der Waals surface area contributed by atoms with E-state index in [0.717, 1.165) is 0 Å². The minimum absolute atomic E-state index is 0.0796. The Balaban J connectivity index is 2.11. The van der Waals surface area contributed by atoms with E-state index in [2.05, 4.69) is 0 Å². The Kier molecular flexibility index (Phi) is 2.90. The first-order chi connectivity index (χ1) is 10.0. The van der Waals surface area contributed by atoms with Crippen LogP contribution in [0.3, 0.4) is 0 Å². The minimum atomic E-state index is -0.971. The molecule has 0 saturated heterocycles. The predicted molar refractivity (Wildman–Crippen MR) is 75.7 cm³/mol. The highest BCUT2D eigenvalue weighted by atomic mass is 16.6. The average Bonchev–Trinajstić information content (AvgIpc) is 2.72. The quantitative estimate of drug-likeness (QED) is 0.481. The first-order valence-corrected chi connectivity index (χ1v) is 6.43. The van der Waals surface area contributed by atoms with Gasteiger partial charge in [0.2, 0.25) is 0 Å². The van der Waals surface area contributed by atoms with Crippen molar-refractivity contribution < 1.29 is 14.5 Å². The summed E-state index contributed by atoms with van der Waals surface area (Å²) in [5, 5.41) is 11.0. The summed E-state index contributed by atoms with van der Waals surface area (Å²) in [5.74, 6) is -1.57. The van der Waals surface area contributed by atoms with Gasteiger partial charge < -0.3 is 0 Å². The van der Waals surface area contributed by atoms with Crippen molar-refractivity contribution in [3.8, 4) is 0 Å². The van der Waals surface area contributed by atoms with Crippen molar-refractivity contribution >= 4 is 17.3 Å². The van der Waals surface area contributed by atoms with Crippen LogP contribution in [0, 0.1) is 17.0 Å². The zero-order valence-corrected chi connectivity index (χ0v) is 11.2. The molecule has 0 radical (unpaired) electrons. The van der Waals surface area contributed by atoms with Crippen molar-refractivity contribution in [2.24, 2.45) is 0 Å². The highest BCUT2D eigenvalue weighted by molar-refractivity contribution is 6.29. The number of carbonyl (C=O) groups is 2. The van der Waals surface area contributed by atoms with Crippen molar-refractivity contribution in [3.63, 3.8) is 0 Å². The number of fused-ring (bicyclic) bond motifs is 1. The SMILES string of the molecule is Cc1ccc(C2C(=O)c3ccccc3C2=O)cc1[N+](=O)[O-]. The number of Topliss-reactive ketones (excluding diaryl/α,β-unsaturated/α-hetero) is 2. The Morgan fingerprint density at radius 3 is 2.10 bits per heavy atom. The molecule has 0 amide bonds. The van der Waals surface area contributed by atoms with E-state index in [0.29, 0.717) is 22.3 Å². The van der Waals surface area contributed by atoms with E-state index in [-0.39, 0.29) is 17.3 Å². The van der Waals surface area contributed by atoms with E-state index >= 15 is 0 Å². The highest BCUT2D eigenvalue weighted by Gasteiger charge is 2.39. The Hall–Kier alpha value is -2.82. The van der Waals surface area contributed by atoms with Gasteiger partial charge in [0.15, 0.2) is 11.6 Å². The van der Waals surface area contributed by atoms with Crippen LogP contribution in [0.5, 0.6) is 0 Å². The van der Waals surface area contributed by atoms with Gasteiger partial charge in [-0.25, -0.2) is 0 Å². The number of rotatable bonds is 2. The fourth-order valence-electron chi connectivity index (χ4n) is 2.65. The van der Waals surface area contributed by atoms with Crippen molar-refractivity contribution in [2.75, 3.05) is 0 Å². The lowest BCUT2D eigenvalue weighted by Crippen LogP contribution is -2.13. The standard InChI is InChI=1S/C16H11NO4/c1-9-6-7-10(8-13(9)17(20)21)14-15(18)11-4-2-3-5-12(11)16(14)19/h2-8,14H,1H3. The van der Waals surface area contributed by atoms with E-state index in [1.54, 1.807) is 43.3 Å². The summed E-state index contributed by atoms with van der Waals surface area (Å²) < 4.78 is 0. The smallest absolute Gasteiger partial charge is 0.272 e. The van der Waals surface area contributed by atoms with E-state index in [1.165, 1.54) is 6.07 Å². The number of ketones is 2. The van der Waals surface area contributed by atoms with Crippen LogP contribution in [0.1, 0.15) is 37.8 Å². The van der Waals surface area contributed by atoms with Crippen LogP contribution in [-0.4, -0.2) is 16.5 Å². The van der Waals surface area contributed by atoms with Gasteiger partial charge in [-0.1, -0.05) is 36.4 Å². The maximum Gasteiger partial charge on any atom is 0.272 e. The number of carbonyl (C=O) groups excluding carboxylic acids is 2. The van der Waals surface area contributed by atoms with Crippen LogP contribution in [0.4, 0.5) is 5.69 Å². The molecule has 0 N–H and O–H groups in total. The molecule has 0 aliphatic heterocycles. The molecule has 0 atom stereocenters. The molecule has 0 heterocycles. The summed E-state index contributed by atoms with van der Waals surface area (Å²) in [5.41, 5.74) is 1.56. The van der Waals surface area contributed by atoms with Crippen molar-refractivity contribution in [2.45, 2.75) is 12.8 Å². The maximum absolute atomic E-state index is 12.4. The third-order valence-electron chi connectivity index (χ3n) is 3.75. The Labute approximate surface area is 120 Å². The Bertz CT molecular complexity index is 760. The first kappa shape index (κ1) is 13.2. The first-order valence-electron chi connectivity index (χ1n) is 6.43. The molecular formula is C16H11NO4. The zero-order chi connectivity index (χ0) is 15.1. The number of hydrogen-bond donors (Lipinski definition) is 0. The summed E-state index contributed by atoms with van der Waals surface area (Å²) in [6.07, 6.45) is 0. The molecule has 1 aliphatic carbocycles. The zero-order valence-electron chi connectivity index (χ0n) is 11.2. The summed E-state index contributed by atoms with van der Waals surface area (Å²) >= 11 is 0. The van der Waals surface area contributed by atoms with Crippen molar-refractivity contribution in [1.29, 1.82) is 0 Å². The number of nitrogens with zero attached hydrogens (tertiary/aromatic N) is 1. The molecule has 0 aromatic heterocycles. The number of hydrogen-bond acceptors (Lipinski definition) is 4. The molecule has 5 heteroatoms. The molecule has 104 valence electrons. The fourth-order valence-corrected chi connectivity index (χ4v) is 2.65. The molecule has 2 aromatic carbocycles. The number of benzene rings is 2. The topological polar surface area (TPSA) is 77.3 Å². The van der Waals surface area contributed by atoms with Gasteiger partial charge in [-0.05, 0) is 12.5 Å². The summed E-state index contributed by atoms with van der Waals surface area (Å²) in [6.45, 7) is 1.62. The lowest BCUT2D eigenvalue weighted by Gasteiger charge is -2.08.